The van der Waals surface area contributed by atoms with Crippen LogP contribution in [0.3, 0.4) is 0 Å². The quantitative estimate of drug-likeness (QED) is 0.745. The molecule has 0 radical (unpaired) electrons. The predicted molar refractivity (Wildman–Crippen MR) is 60.4 cm³/mol. The van der Waals surface area contributed by atoms with Crippen LogP contribution in [0.5, 0.6) is 0 Å². The number of hydrogen-bond donors (Lipinski definition) is 2. The Morgan fingerprint density at radius 1 is 1.44 bits per heavy atom. The van der Waals surface area contributed by atoms with Gasteiger partial charge in [-0.25, -0.2) is 0 Å². The predicted octanol–water partition coefficient (Wildman–Crippen LogP) is 0.837. The molecule has 1 aliphatic rings. The van der Waals surface area contributed by atoms with Gasteiger partial charge in [0.1, 0.15) is 5.65 Å². The Morgan fingerprint density at radius 3 is 3.19 bits per heavy atom. The van der Waals surface area contributed by atoms with Crippen LogP contribution in [-0.2, 0) is 0 Å². The van der Waals surface area contributed by atoms with Gasteiger partial charge >= 0.3 is 0 Å². The second-order valence-electron chi connectivity index (χ2n) is 4.20. The number of aromatic amines is 1. The molecule has 2 aromatic rings. The van der Waals surface area contributed by atoms with E-state index < -0.39 is 0 Å². The third-order valence-corrected chi connectivity index (χ3v) is 3.08. The average Bonchev–Trinajstić information content (AvgIpc) is 2.73. The highest BCUT2D eigenvalue weighted by molar-refractivity contribution is 5.37. The van der Waals surface area contributed by atoms with Crippen molar-refractivity contribution in [2.75, 3.05) is 6.54 Å². The van der Waals surface area contributed by atoms with E-state index in [0.29, 0.717) is 6.04 Å². The smallest absolute Gasteiger partial charge is 0.183 e. The van der Waals surface area contributed by atoms with Crippen LogP contribution in [0.25, 0.3) is 5.65 Å². The number of H-pyrrole nitrogens is 1. The fourth-order valence-electron chi connectivity index (χ4n) is 2.25. The van der Waals surface area contributed by atoms with Gasteiger partial charge in [-0.3, -0.25) is 14.3 Å². The van der Waals surface area contributed by atoms with Gasteiger partial charge in [0.25, 0.3) is 0 Å². The number of pyridine rings is 1. The zero-order valence-electron chi connectivity index (χ0n) is 8.94. The van der Waals surface area contributed by atoms with Gasteiger partial charge in [-0.05, 0) is 19.4 Å². The van der Waals surface area contributed by atoms with Crippen LogP contribution in [0.15, 0.2) is 23.1 Å². The van der Waals surface area contributed by atoms with Gasteiger partial charge in [0, 0.05) is 18.3 Å². The molecule has 1 unspecified atom stereocenters. The highest BCUT2D eigenvalue weighted by atomic mass is 16.1. The Kier molecular flexibility index (Phi) is 2.25. The van der Waals surface area contributed by atoms with Crippen molar-refractivity contribution < 1.29 is 0 Å². The van der Waals surface area contributed by atoms with Crippen molar-refractivity contribution in [2.45, 2.75) is 25.3 Å². The largest absolute Gasteiger partial charge is 0.307 e. The second-order valence-corrected chi connectivity index (χ2v) is 4.20. The molecular weight excluding hydrogens is 204 g/mol. The average molecular weight is 218 g/mol. The molecule has 0 spiro atoms. The lowest BCUT2D eigenvalue weighted by Crippen LogP contribution is -2.28. The number of piperidine rings is 1. The van der Waals surface area contributed by atoms with E-state index in [0.717, 1.165) is 24.4 Å². The molecule has 0 saturated carbocycles. The van der Waals surface area contributed by atoms with E-state index in [2.05, 4.69) is 15.5 Å². The standard InChI is InChI=1S/C11H14N4O/c16-8-4-6-15-10(7-8)13-14-11(15)9-3-1-2-5-12-9/h4,6-7,9,12-13H,1-3,5H2. The normalized spacial score (nSPS) is 21.4. The molecule has 2 aromatic heterocycles. The molecule has 0 aromatic carbocycles. The van der Waals surface area contributed by atoms with Crippen LogP contribution in [0.1, 0.15) is 31.1 Å². The summed E-state index contributed by atoms with van der Waals surface area (Å²) in [7, 11) is 0. The van der Waals surface area contributed by atoms with Crippen molar-refractivity contribution in [3.05, 3.63) is 34.4 Å². The summed E-state index contributed by atoms with van der Waals surface area (Å²) in [5.41, 5.74) is 0.765. The van der Waals surface area contributed by atoms with Gasteiger partial charge in [-0.15, -0.1) is 0 Å². The second kappa shape index (κ2) is 3.75. The first-order valence-electron chi connectivity index (χ1n) is 5.65. The fraction of sp³-hybridized carbons (Fsp3) is 0.455. The topological polar surface area (TPSA) is 62.2 Å². The first-order chi connectivity index (χ1) is 7.84. The van der Waals surface area contributed by atoms with E-state index in [1.54, 1.807) is 18.3 Å². The van der Waals surface area contributed by atoms with Crippen LogP contribution >= 0.6 is 0 Å². The SMILES string of the molecule is O=c1ccn2c(C3CCCCN3)n[nH]c2c1. The molecule has 1 saturated heterocycles. The molecule has 5 heteroatoms. The number of aromatic nitrogens is 3. The Bertz CT molecular complexity index is 550. The van der Waals surface area contributed by atoms with Crippen LogP contribution < -0.4 is 10.7 Å². The van der Waals surface area contributed by atoms with Crippen molar-refractivity contribution in [1.29, 1.82) is 0 Å². The fourth-order valence-corrected chi connectivity index (χ4v) is 2.25. The lowest BCUT2D eigenvalue weighted by atomic mass is 10.0. The van der Waals surface area contributed by atoms with Gasteiger partial charge in [0.05, 0.1) is 6.04 Å². The van der Waals surface area contributed by atoms with Crippen molar-refractivity contribution in [3.63, 3.8) is 0 Å². The number of rotatable bonds is 1. The van der Waals surface area contributed by atoms with Crippen LogP contribution in [0, 0.1) is 0 Å². The van der Waals surface area contributed by atoms with Gasteiger partial charge < -0.3 is 5.32 Å². The highest BCUT2D eigenvalue weighted by Gasteiger charge is 2.19. The first kappa shape index (κ1) is 9.59. The van der Waals surface area contributed by atoms with E-state index in [1.165, 1.54) is 12.8 Å². The highest BCUT2D eigenvalue weighted by Crippen LogP contribution is 2.21. The van der Waals surface area contributed by atoms with Crippen LogP contribution in [0.2, 0.25) is 0 Å². The molecule has 1 aliphatic heterocycles. The summed E-state index contributed by atoms with van der Waals surface area (Å²) in [4.78, 5) is 11.2. The minimum absolute atomic E-state index is 0.00630. The lowest BCUT2D eigenvalue weighted by Gasteiger charge is -2.21. The third-order valence-electron chi connectivity index (χ3n) is 3.08. The number of fused-ring (bicyclic) bond motifs is 1. The Balaban J connectivity index is 2.06. The summed E-state index contributed by atoms with van der Waals surface area (Å²) in [5.74, 6) is 0.967. The van der Waals surface area contributed by atoms with Crippen molar-refractivity contribution in [2.24, 2.45) is 0 Å². The molecular formula is C11H14N4O. The molecule has 84 valence electrons. The van der Waals surface area contributed by atoms with E-state index in [1.807, 2.05) is 4.40 Å². The number of nitrogens with one attached hydrogen (secondary N) is 2. The van der Waals surface area contributed by atoms with E-state index in [-0.39, 0.29) is 5.43 Å². The van der Waals surface area contributed by atoms with Gasteiger partial charge in [0.2, 0.25) is 0 Å². The minimum Gasteiger partial charge on any atom is -0.307 e. The lowest BCUT2D eigenvalue weighted by molar-refractivity contribution is 0.395. The minimum atomic E-state index is 0.00630. The molecule has 16 heavy (non-hydrogen) atoms. The van der Waals surface area contributed by atoms with Crippen molar-refractivity contribution in [3.8, 4) is 0 Å². The third kappa shape index (κ3) is 1.53. The zero-order valence-corrected chi connectivity index (χ0v) is 8.94. The van der Waals surface area contributed by atoms with Crippen molar-refractivity contribution >= 4 is 5.65 Å². The maximum atomic E-state index is 11.2. The molecule has 0 aliphatic carbocycles. The van der Waals surface area contributed by atoms with E-state index in [9.17, 15) is 4.79 Å². The molecule has 5 nitrogen and oxygen atoms in total. The number of nitrogens with zero attached hydrogens (tertiary/aromatic N) is 2. The molecule has 1 fully saturated rings. The van der Waals surface area contributed by atoms with Crippen molar-refractivity contribution in [1.82, 2.24) is 19.9 Å². The molecule has 3 rings (SSSR count). The summed E-state index contributed by atoms with van der Waals surface area (Å²) in [5, 5.41) is 10.6. The van der Waals surface area contributed by atoms with Crippen LogP contribution in [-0.4, -0.2) is 21.1 Å². The van der Waals surface area contributed by atoms with Gasteiger partial charge in [-0.2, -0.15) is 5.10 Å². The van der Waals surface area contributed by atoms with E-state index in [4.69, 9.17) is 0 Å². The molecule has 0 bridgehead atoms. The summed E-state index contributed by atoms with van der Waals surface area (Å²) >= 11 is 0. The summed E-state index contributed by atoms with van der Waals surface area (Å²) in [6.07, 6.45) is 5.35. The maximum Gasteiger partial charge on any atom is 0.183 e. The monoisotopic (exact) mass is 218 g/mol. The molecule has 3 heterocycles. The Labute approximate surface area is 92.5 Å². The van der Waals surface area contributed by atoms with Crippen LogP contribution in [0.4, 0.5) is 0 Å². The summed E-state index contributed by atoms with van der Waals surface area (Å²) in [6, 6.07) is 3.43. The summed E-state index contributed by atoms with van der Waals surface area (Å²) in [6.45, 7) is 1.04. The summed E-state index contributed by atoms with van der Waals surface area (Å²) < 4.78 is 1.95. The molecule has 1 atom stereocenters. The first-order valence-corrected chi connectivity index (χ1v) is 5.65. The maximum absolute atomic E-state index is 11.2. The number of hydrogen-bond acceptors (Lipinski definition) is 3. The Morgan fingerprint density at radius 2 is 2.38 bits per heavy atom. The van der Waals surface area contributed by atoms with Gasteiger partial charge in [-0.1, -0.05) is 6.42 Å². The molecule has 0 amide bonds. The molecule has 2 N–H and O–H groups in total. The zero-order chi connectivity index (χ0) is 11.0. The van der Waals surface area contributed by atoms with Gasteiger partial charge in [0.15, 0.2) is 11.3 Å². The Hall–Kier alpha value is -1.62. The van der Waals surface area contributed by atoms with E-state index >= 15 is 0 Å².